The molecule has 0 heterocycles. The van der Waals surface area contributed by atoms with Crippen molar-refractivity contribution in [3.8, 4) is 0 Å². The quantitative estimate of drug-likeness (QED) is 0.443. The minimum atomic E-state index is -4.64. The molecule has 0 aliphatic rings. The number of hydrogen-bond donors (Lipinski definition) is 4. The van der Waals surface area contributed by atoms with Crippen LogP contribution in [0.2, 0.25) is 0 Å². The molecular formula is C9H8O9S. The minimum absolute atomic E-state index is 0.250. The molecule has 104 valence electrons. The summed E-state index contributed by atoms with van der Waals surface area (Å²) in [7, 11) is -4.64. The molecule has 0 fully saturated rings. The molecule has 4 N–H and O–H groups in total. The van der Waals surface area contributed by atoms with Gasteiger partial charge in [-0.05, 0) is 18.2 Å². The van der Waals surface area contributed by atoms with Crippen LogP contribution in [0.4, 0.5) is 0 Å². The first-order valence-corrected chi connectivity index (χ1v) is 5.74. The van der Waals surface area contributed by atoms with Crippen molar-refractivity contribution in [2.24, 2.45) is 0 Å². The third kappa shape index (κ3) is 5.14. The first kappa shape index (κ1) is 16.5. The molecule has 10 heteroatoms. The summed E-state index contributed by atoms with van der Waals surface area (Å²) >= 11 is 0. The molecule has 0 aliphatic carbocycles. The summed E-state index contributed by atoms with van der Waals surface area (Å²) in [5.74, 6) is -2.99. The van der Waals surface area contributed by atoms with E-state index in [1.165, 1.54) is 0 Å². The highest BCUT2D eigenvalue weighted by molar-refractivity contribution is 7.85. The SMILES string of the molecule is O=C(O)c1cc(C(=O)O)cc(S(=O)(=O)O)c1.O=CO. The van der Waals surface area contributed by atoms with Crippen LogP contribution in [0.5, 0.6) is 0 Å². The van der Waals surface area contributed by atoms with Crippen molar-refractivity contribution in [1.82, 2.24) is 0 Å². The number of hydrogen-bond acceptors (Lipinski definition) is 5. The number of rotatable bonds is 3. The molecule has 0 bridgehead atoms. The zero-order chi connectivity index (χ0) is 15.2. The van der Waals surface area contributed by atoms with Gasteiger partial charge in [-0.15, -0.1) is 0 Å². The van der Waals surface area contributed by atoms with E-state index in [4.69, 9.17) is 24.7 Å². The van der Waals surface area contributed by atoms with E-state index < -0.39 is 38.1 Å². The van der Waals surface area contributed by atoms with E-state index in [-0.39, 0.29) is 6.47 Å². The maximum atomic E-state index is 10.8. The Morgan fingerprint density at radius 1 is 1.00 bits per heavy atom. The van der Waals surface area contributed by atoms with Gasteiger partial charge in [0.25, 0.3) is 16.6 Å². The number of benzene rings is 1. The molecular weight excluding hydrogens is 284 g/mol. The Morgan fingerprint density at radius 3 is 1.53 bits per heavy atom. The highest BCUT2D eigenvalue weighted by atomic mass is 32.2. The van der Waals surface area contributed by atoms with Crippen molar-refractivity contribution in [1.29, 1.82) is 0 Å². The highest BCUT2D eigenvalue weighted by Gasteiger charge is 2.17. The Labute approximate surface area is 106 Å². The third-order valence-electron chi connectivity index (χ3n) is 1.70. The molecule has 1 aromatic carbocycles. The third-order valence-corrected chi connectivity index (χ3v) is 2.53. The van der Waals surface area contributed by atoms with Crippen LogP contribution in [0.3, 0.4) is 0 Å². The molecule has 0 unspecified atom stereocenters. The lowest BCUT2D eigenvalue weighted by molar-refractivity contribution is -0.122. The van der Waals surface area contributed by atoms with Crippen LogP contribution in [-0.4, -0.2) is 46.7 Å². The second kappa shape index (κ2) is 6.47. The summed E-state index contributed by atoms with van der Waals surface area (Å²) in [5, 5.41) is 24.1. The van der Waals surface area contributed by atoms with Gasteiger partial charge in [0.1, 0.15) is 0 Å². The maximum absolute atomic E-state index is 10.8. The Hall–Kier alpha value is -2.46. The number of aromatic carboxylic acids is 2. The number of carboxylic acids is 2. The molecule has 0 spiro atoms. The fraction of sp³-hybridized carbons (Fsp3) is 0. The van der Waals surface area contributed by atoms with Gasteiger partial charge in [0.2, 0.25) is 0 Å². The summed E-state index contributed by atoms with van der Waals surface area (Å²) in [6.07, 6.45) is 0. The van der Waals surface area contributed by atoms with Crippen molar-refractivity contribution >= 4 is 28.5 Å². The van der Waals surface area contributed by atoms with Crippen molar-refractivity contribution in [3.63, 3.8) is 0 Å². The lowest BCUT2D eigenvalue weighted by atomic mass is 10.1. The molecule has 1 aromatic rings. The van der Waals surface area contributed by atoms with E-state index in [9.17, 15) is 18.0 Å². The van der Waals surface area contributed by atoms with Gasteiger partial charge >= 0.3 is 11.9 Å². The molecule has 0 amide bonds. The standard InChI is InChI=1S/C8H6O7S.CH2O2/c9-7(10)4-1-5(8(11)12)3-6(2-4)16(13,14)15;2-1-3/h1-3H,(H,9,10)(H,11,12)(H,13,14,15);1H,(H,2,3). The average Bonchev–Trinajstić information content (AvgIpc) is 2.28. The minimum Gasteiger partial charge on any atom is -0.483 e. The first-order chi connectivity index (χ1) is 8.63. The van der Waals surface area contributed by atoms with Gasteiger partial charge < -0.3 is 15.3 Å². The van der Waals surface area contributed by atoms with E-state index >= 15 is 0 Å². The summed E-state index contributed by atoms with van der Waals surface area (Å²) in [4.78, 5) is 28.8. The summed E-state index contributed by atoms with van der Waals surface area (Å²) in [5.41, 5.74) is -1.07. The van der Waals surface area contributed by atoms with Gasteiger partial charge in [-0.25, -0.2) is 9.59 Å². The first-order valence-electron chi connectivity index (χ1n) is 4.30. The summed E-state index contributed by atoms with van der Waals surface area (Å²) in [6.45, 7) is -0.250. The molecule has 0 saturated carbocycles. The Balaban J connectivity index is 0.000000982. The molecule has 1 rings (SSSR count). The van der Waals surface area contributed by atoms with E-state index in [1.54, 1.807) is 0 Å². The van der Waals surface area contributed by atoms with Crippen molar-refractivity contribution in [2.45, 2.75) is 4.90 Å². The zero-order valence-electron chi connectivity index (χ0n) is 9.05. The lowest BCUT2D eigenvalue weighted by Gasteiger charge is -2.02. The molecule has 0 aliphatic heterocycles. The van der Waals surface area contributed by atoms with Gasteiger partial charge in [0, 0.05) is 0 Å². The van der Waals surface area contributed by atoms with Crippen LogP contribution in [0.15, 0.2) is 23.1 Å². The van der Waals surface area contributed by atoms with E-state index in [0.29, 0.717) is 12.1 Å². The van der Waals surface area contributed by atoms with Crippen LogP contribution >= 0.6 is 0 Å². The van der Waals surface area contributed by atoms with Crippen molar-refractivity contribution in [2.75, 3.05) is 0 Å². The lowest BCUT2D eigenvalue weighted by Crippen LogP contribution is -2.07. The number of carbonyl (C=O) groups is 3. The Bertz CT molecular complexity index is 570. The van der Waals surface area contributed by atoms with E-state index in [1.807, 2.05) is 0 Å². The average molecular weight is 292 g/mol. The van der Waals surface area contributed by atoms with Crippen LogP contribution in [0.1, 0.15) is 20.7 Å². The topological polar surface area (TPSA) is 166 Å². The molecule has 9 nitrogen and oxygen atoms in total. The van der Waals surface area contributed by atoms with Crippen molar-refractivity contribution in [3.05, 3.63) is 29.3 Å². The molecule has 0 radical (unpaired) electrons. The van der Waals surface area contributed by atoms with Crippen LogP contribution in [-0.2, 0) is 14.9 Å². The van der Waals surface area contributed by atoms with Gasteiger partial charge in [-0.2, -0.15) is 8.42 Å². The second-order valence-corrected chi connectivity index (χ2v) is 4.36. The van der Waals surface area contributed by atoms with Crippen LogP contribution < -0.4 is 0 Å². The van der Waals surface area contributed by atoms with E-state index in [2.05, 4.69) is 0 Å². The van der Waals surface area contributed by atoms with Gasteiger partial charge in [0.05, 0.1) is 16.0 Å². The van der Waals surface area contributed by atoms with E-state index in [0.717, 1.165) is 6.07 Å². The highest BCUT2D eigenvalue weighted by Crippen LogP contribution is 2.15. The van der Waals surface area contributed by atoms with Gasteiger partial charge in [-0.1, -0.05) is 0 Å². The van der Waals surface area contributed by atoms with Gasteiger partial charge in [0.15, 0.2) is 0 Å². The van der Waals surface area contributed by atoms with Crippen LogP contribution in [0, 0.1) is 0 Å². The second-order valence-electron chi connectivity index (χ2n) is 2.94. The maximum Gasteiger partial charge on any atom is 0.335 e. The van der Waals surface area contributed by atoms with Crippen molar-refractivity contribution < 1.29 is 42.7 Å². The predicted octanol–water partition coefficient (Wildman–Crippen LogP) is 0.0305. The largest absolute Gasteiger partial charge is 0.483 e. The van der Waals surface area contributed by atoms with Gasteiger partial charge in [-0.3, -0.25) is 9.35 Å². The zero-order valence-corrected chi connectivity index (χ0v) is 9.86. The molecule has 19 heavy (non-hydrogen) atoms. The summed E-state index contributed by atoms with van der Waals surface area (Å²) in [6, 6.07) is 2.13. The smallest absolute Gasteiger partial charge is 0.335 e. The Morgan fingerprint density at radius 2 is 1.32 bits per heavy atom. The fourth-order valence-corrected chi connectivity index (χ4v) is 1.55. The monoisotopic (exact) mass is 292 g/mol. The normalized spacial score (nSPS) is 9.95. The summed E-state index contributed by atoms with van der Waals surface area (Å²) < 4.78 is 30.2. The predicted molar refractivity (Wildman–Crippen MR) is 58.9 cm³/mol. The molecule has 0 aromatic heterocycles. The molecule has 0 atom stereocenters. The number of carboxylic acid groups (broad SMARTS) is 3. The van der Waals surface area contributed by atoms with Crippen LogP contribution in [0.25, 0.3) is 0 Å². The fourth-order valence-electron chi connectivity index (χ4n) is 0.995. The Kier molecular flexibility index (Phi) is 5.63. The molecule has 0 saturated heterocycles.